The highest BCUT2D eigenvalue weighted by atomic mass is 32.1. The Morgan fingerprint density at radius 3 is 1.45 bits per heavy atom. The van der Waals surface area contributed by atoms with Crippen LogP contribution in [0.1, 0.15) is 50.2 Å². The lowest BCUT2D eigenvalue weighted by atomic mass is 10.00. The molecule has 0 aliphatic heterocycles. The van der Waals surface area contributed by atoms with E-state index >= 15 is 0 Å². The van der Waals surface area contributed by atoms with Crippen LogP contribution >= 0.6 is 12.6 Å². The molecule has 0 amide bonds. The molecule has 0 saturated carbocycles. The minimum absolute atomic E-state index is 0.289. The quantitative estimate of drug-likeness (QED) is 0.694. The number of aliphatic hydroxyl groups is 1. The van der Waals surface area contributed by atoms with Gasteiger partial charge in [0.1, 0.15) is 0 Å². The predicted octanol–water partition coefficient (Wildman–Crippen LogP) is 5.69. The molecular weight excluding hydrogens is 288 g/mol. The van der Waals surface area contributed by atoms with Gasteiger partial charge in [-0.2, -0.15) is 12.6 Å². The van der Waals surface area contributed by atoms with Crippen LogP contribution in [0.15, 0.2) is 60.7 Å². The minimum Gasteiger partial charge on any atom is -0.388 e. The van der Waals surface area contributed by atoms with Crippen LogP contribution in [-0.2, 0) is 0 Å². The van der Waals surface area contributed by atoms with Crippen molar-refractivity contribution in [1.29, 1.82) is 0 Å². The molecule has 0 aromatic heterocycles. The maximum Gasteiger partial charge on any atom is 0.0812 e. The predicted molar refractivity (Wildman–Crippen MR) is 99.2 cm³/mol. The second kappa shape index (κ2) is 9.70. The largest absolute Gasteiger partial charge is 0.388 e. The van der Waals surface area contributed by atoms with Crippen molar-refractivity contribution in [3.8, 4) is 0 Å². The number of rotatable bonds is 4. The Bertz CT molecular complexity index is 458. The van der Waals surface area contributed by atoms with E-state index in [-0.39, 0.29) is 12.0 Å². The number of benzene rings is 2. The summed E-state index contributed by atoms with van der Waals surface area (Å²) in [7, 11) is 0. The van der Waals surface area contributed by atoms with E-state index in [4.69, 9.17) is 0 Å². The molecule has 0 unspecified atom stereocenters. The summed E-state index contributed by atoms with van der Waals surface area (Å²) in [5.41, 5.74) is 2.31. The summed E-state index contributed by atoms with van der Waals surface area (Å²) in [6.45, 7) is 8.39. The van der Waals surface area contributed by atoms with Crippen molar-refractivity contribution < 1.29 is 5.11 Å². The summed E-state index contributed by atoms with van der Waals surface area (Å²) in [6.07, 6.45) is -0.323. The Hall–Kier alpha value is -1.25. The fraction of sp³-hybridized carbons (Fsp3) is 0.400. The zero-order valence-corrected chi connectivity index (χ0v) is 14.9. The van der Waals surface area contributed by atoms with Gasteiger partial charge in [-0.1, -0.05) is 88.4 Å². The third-order valence-electron chi connectivity index (χ3n) is 3.55. The zero-order chi connectivity index (χ0) is 16.5. The van der Waals surface area contributed by atoms with Crippen molar-refractivity contribution in [2.75, 3.05) is 0 Å². The highest BCUT2D eigenvalue weighted by Crippen LogP contribution is 2.27. The smallest absolute Gasteiger partial charge is 0.0812 e. The first-order valence-corrected chi connectivity index (χ1v) is 8.41. The molecule has 2 atom stereocenters. The fourth-order valence-corrected chi connectivity index (χ4v) is 2.24. The first-order valence-electron chi connectivity index (χ1n) is 7.89. The molecular formula is C20H28OS. The maximum atomic E-state index is 9.60. The molecule has 0 radical (unpaired) electrons. The molecule has 0 heterocycles. The third kappa shape index (κ3) is 6.25. The molecule has 120 valence electrons. The van der Waals surface area contributed by atoms with Crippen molar-refractivity contribution >= 4 is 12.6 Å². The lowest BCUT2D eigenvalue weighted by Gasteiger charge is -2.14. The number of hydrogen-bond donors (Lipinski definition) is 2. The Morgan fingerprint density at radius 1 is 0.682 bits per heavy atom. The van der Waals surface area contributed by atoms with Crippen molar-refractivity contribution in [1.82, 2.24) is 0 Å². The molecule has 0 saturated heterocycles. The van der Waals surface area contributed by atoms with Crippen LogP contribution in [0.5, 0.6) is 0 Å². The lowest BCUT2D eigenvalue weighted by Crippen LogP contribution is -2.04. The molecule has 2 rings (SSSR count). The van der Waals surface area contributed by atoms with E-state index < -0.39 is 0 Å². The Morgan fingerprint density at radius 2 is 1.09 bits per heavy atom. The first-order chi connectivity index (χ1) is 10.4. The number of thiol groups is 1. The standard InChI is InChI=1S/C10H14O.C10H14S/c2*1-8(2)10(11)9-6-4-3-5-7-9/h2*3-8,10-11H,1-2H3/t2*10-/m10/s1. The summed E-state index contributed by atoms with van der Waals surface area (Å²) in [4.78, 5) is 0. The highest BCUT2D eigenvalue weighted by Gasteiger charge is 2.10. The average Bonchev–Trinajstić information content (AvgIpc) is 2.55. The topological polar surface area (TPSA) is 20.2 Å². The van der Waals surface area contributed by atoms with Crippen LogP contribution < -0.4 is 0 Å². The first kappa shape index (κ1) is 18.8. The van der Waals surface area contributed by atoms with Crippen LogP contribution in [0, 0.1) is 11.8 Å². The van der Waals surface area contributed by atoms with Crippen molar-refractivity contribution in [2.24, 2.45) is 11.8 Å². The van der Waals surface area contributed by atoms with Crippen LogP contribution in [0.2, 0.25) is 0 Å². The summed E-state index contributed by atoms with van der Waals surface area (Å²) in [5.74, 6) is 0.887. The molecule has 2 aromatic rings. The van der Waals surface area contributed by atoms with Gasteiger partial charge in [0.25, 0.3) is 0 Å². The van der Waals surface area contributed by atoms with Gasteiger partial charge in [-0.05, 0) is 23.0 Å². The molecule has 1 nitrogen and oxygen atoms in total. The highest BCUT2D eigenvalue weighted by molar-refractivity contribution is 7.80. The summed E-state index contributed by atoms with van der Waals surface area (Å²) < 4.78 is 0. The normalized spacial score (nSPS) is 13.5. The fourth-order valence-electron chi connectivity index (χ4n) is 2.07. The van der Waals surface area contributed by atoms with Crippen LogP contribution in [-0.4, -0.2) is 5.11 Å². The van der Waals surface area contributed by atoms with Gasteiger partial charge in [0.2, 0.25) is 0 Å². The maximum absolute atomic E-state index is 9.60. The van der Waals surface area contributed by atoms with Gasteiger partial charge >= 0.3 is 0 Å². The minimum atomic E-state index is -0.323. The molecule has 0 aliphatic rings. The Kier molecular flexibility index (Phi) is 8.29. The van der Waals surface area contributed by atoms with Gasteiger partial charge in [-0.3, -0.25) is 0 Å². The summed E-state index contributed by atoms with van der Waals surface area (Å²) in [6, 6.07) is 20.1. The molecule has 2 heteroatoms. The Labute approximate surface area is 140 Å². The molecule has 22 heavy (non-hydrogen) atoms. The van der Waals surface area contributed by atoms with E-state index in [0.717, 1.165) is 5.56 Å². The molecule has 0 aliphatic carbocycles. The van der Waals surface area contributed by atoms with E-state index in [2.05, 4.69) is 50.7 Å². The average molecular weight is 317 g/mol. The van der Waals surface area contributed by atoms with Crippen molar-refractivity contribution in [2.45, 2.75) is 39.0 Å². The molecule has 1 N–H and O–H groups in total. The van der Waals surface area contributed by atoms with Gasteiger partial charge < -0.3 is 5.11 Å². The second-order valence-electron chi connectivity index (χ2n) is 6.20. The van der Waals surface area contributed by atoms with Crippen LogP contribution in [0.25, 0.3) is 0 Å². The van der Waals surface area contributed by atoms with Gasteiger partial charge in [-0.15, -0.1) is 0 Å². The molecule has 2 aromatic carbocycles. The van der Waals surface area contributed by atoms with E-state index in [1.54, 1.807) is 0 Å². The SMILES string of the molecule is CC(C)[C@@H](O)c1ccccc1.CC(C)[C@H](S)c1ccccc1. The zero-order valence-electron chi connectivity index (χ0n) is 14.0. The summed E-state index contributed by atoms with van der Waals surface area (Å²) in [5, 5.41) is 9.97. The van der Waals surface area contributed by atoms with Crippen LogP contribution in [0.3, 0.4) is 0 Å². The third-order valence-corrected chi connectivity index (χ3v) is 4.44. The number of aliphatic hydroxyl groups excluding tert-OH is 1. The van der Waals surface area contributed by atoms with Crippen molar-refractivity contribution in [3.05, 3.63) is 71.8 Å². The monoisotopic (exact) mass is 316 g/mol. The van der Waals surface area contributed by atoms with E-state index in [1.165, 1.54) is 5.56 Å². The number of hydrogen-bond acceptors (Lipinski definition) is 2. The van der Waals surface area contributed by atoms with Crippen molar-refractivity contribution in [3.63, 3.8) is 0 Å². The lowest BCUT2D eigenvalue weighted by molar-refractivity contribution is 0.127. The molecule has 0 spiro atoms. The summed E-state index contributed by atoms with van der Waals surface area (Å²) >= 11 is 4.51. The van der Waals surface area contributed by atoms with Gasteiger partial charge in [0.15, 0.2) is 0 Å². The second-order valence-corrected chi connectivity index (χ2v) is 6.76. The van der Waals surface area contributed by atoms with Gasteiger partial charge in [0.05, 0.1) is 6.10 Å². The Balaban J connectivity index is 0.000000220. The van der Waals surface area contributed by atoms with E-state index in [1.807, 2.05) is 50.2 Å². The molecule has 0 bridgehead atoms. The molecule has 0 fully saturated rings. The van der Waals surface area contributed by atoms with Gasteiger partial charge in [-0.25, -0.2) is 0 Å². The van der Waals surface area contributed by atoms with Gasteiger partial charge in [0, 0.05) is 5.25 Å². The van der Waals surface area contributed by atoms with Crippen LogP contribution in [0.4, 0.5) is 0 Å². The van der Waals surface area contributed by atoms with E-state index in [9.17, 15) is 5.11 Å². The van der Waals surface area contributed by atoms with E-state index in [0.29, 0.717) is 11.2 Å².